The Labute approximate surface area is 124 Å². The van der Waals surface area contributed by atoms with Crippen LogP contribution in [-0.2, 0) is 9.53 Å². The van der Waals surface area contributed by atoms with Crippen LogP contribution in [0.5, 0.6) is 11.5 Å². The summed E-state index contributed by atoms with van der Waals surface area (Å²) in [4.78, 5) is 11.5. The van der Waals surface area contributed by atoms with E-state index in [1.807, 2.05) is 0 Å². The average molecular weight is 320 g/mol. The largest absolute Gasteiger partial charge is 0.573 e. The Balaban J connectivity index is 2.27. The lowest BCUT2D eigenvalue weighted by Gasteiger charge is -2.45. The van der Waals surface area contributed by atoms with Gasteiger partial charge in [-0.2, -0.15) is 0 Å². The predicted octanol–water partition coefficient (Wildman–Crippen LogP) is 2.99. The van der Waals surface area contributed by atoms with Gasteiger partial charge in [0.1, 0.15) is 6.10 Å². The van der Waals surface area contributed by atoms with E-state index in [0.717, 1.165) is 6.07 Å². The van der Waals surface area contributed by atoms with Gasteiger partial charge in [-0.25, -0.2) is 4.79 Å². The first-order valence-electron chi connectivity index (χ1n) is 6.67. The van der Waals surface area contributed by atoms with Crippen LogP contribution >= 0.6 is 0 Å². The molecule has 1 aliphatic carbocycles. The van der Waals surface area contributed by atoms with Crippen LogP contribution in [0.15, 0.2) is 24.3 Å². The minimum absolute atomic E-state index is 0.146. The molecule has 0 radical (unpaired) electrons. The summed E-state index contributed by atoms with van der Waals surface area (Å²) in [7, 11) is 0. The summed E-state index contributed by atoms with van der Waals surface area (Å²) in [6.07, 6.45) is -5.00. The third-order valence-electron chi connectivity index (χ3n) is 3.39. The molecule has 1 fully saturated rings. The Hall–Kier alpha value is -1.96. The average Bonchev–Trinajstić information content (AvgIpc) is 2.40. The number of hydrogen-bond acceptors (Lipinski definition) is 4. The second-order valence-electron chi connectivity index (χ2n) is 4.77. The summed E-state index contributed by atoms with van der Waals surface area (Å²) < 4.78 is 51.7. The van der Waals surface area contributed by atoms with E-state index in [4.69, 9.17) is 9.47 Å². The van der Waals surface area contributed by atoms with E-state index < -0.39 is 29.8 Å². The van der Waals surface area contributed by atoms with Crippen LogP contribution in [-0.4, -0.2) is 35.8 Å². The Morgan fingerprint density at radius 1 is 1.36 bits per heavy atom. The van der Waals surface area contributed by atoms with E-state index in [2.05, 4.69) is 4.74 Å². The molecule has 0 saturated heterocycles. The van der Waals surface area contributed by atoms with Crippen molar-refractivity contribution >= 4 is 5.97 Å². The molecule has 1 aromatic carbocycles. The Kier molecular flexibility index (Phi) is 4.50. The van der Waals surface area contributed by atoms with Crippen LogP contribution in [0.4, 0.5) is 13.2 Å². The lowest BCUT2D eigenvalue weighted by Crippen LogP contribution is -2.62. The number of benzene rings is 1. The van der Waals surface area contributed by atoms with Crippen LogP contribution in [0.3, 0.4) is 0 Å². The molecule has 1 aromatic rings. The molecule has 0 amide bonds. The second-order valence-corrected chi connectivity index (χ2v) is 4.77. The quantitative estimate of drug-likeness (QED) is 0.873. The van der Waals surface area contributed by atoms with Crippen molar-refractivity contribution in [2.24, 2.45) is 0 Å². The predicted molar refractivity (Wildman–Crippen MR) is 68.8 cm³/mol. The number of rotatable bonds is 6. The fourth-order valence-corrected chi connectivity index (χ4v) is 2.29. The zero-order valence-corrected chi connectivity index (χ0v) is 11.7. The molecule has 1 saturated carbocycles. The Morgan fingerprint density at radius 3 is 2.45 bits per heavy atom. The maximum atomic E-state index is 12.4. The molecule has 5 nitrogen and oxygen atoms in total. The molecule has 0 aromatic heterocycles. The maximum absolute atomic E-state index is 12.4. The summed E-state index contributed by atoms with van der Waals surface area (Å²) >= 11 is 0. The number of ether oxygens (including phenoxy) is 3. The maximum Gasteiger partial charge on any atom is 0.573 e. The number of carbonyl (C=O) groups is 1. The summed E-state index contributed by atoms with van der Waals surface area (Å²) in [5.74, 6) is -2.15. The molecular formula is C14H15F3O5. The van der Waals surface area contributed by atoms with Crippen LogP contribution < -0.4 is 9.47 Å². The van der Waals surface area contributed by atoms with E-state index in [1.165, 1.54) is 18.2 Å². The van der Waals surface area contributed by atoms with Gasteiger partial charge >= 0.3 is 12.3 Å². The Bertz CT molecular complexity index is 546. The highest BCUT2D eigenvalue weighted by Gasteiger charge is 2.57. The van der Waals surface area contributed by atoms with Crippen molar-refractivity contribution in [2.45, 2.75) is 37.8 Å². The van der Waals surface area contributed by atoms with Gasteiger partial charge in [-0.15, -0.1) is 13.2 Å². The highest BCUT2D eigenvalue weighted by atomic mass is 19.4. The first-order chi connectivity index (χ1) is 10.3. The van der Waals surface area contributed by atoms with E-state index in [1.54, 1.807) is 6.92 Å². The number of carboxylic acid groups (broad SMARTS) is 1. The third kappa shape index (κ3) is 3.27. The minimum atomic E-state index is -4.89. The van der Waals surface area contributed by atoms with Crippen molar-refractivity contribution in [1.29, 1.82) is 0 Å². The molecule has 0 heterocycles. The number of para-hydroxylation sites is 2. The molecule has 0 bridgehead atoms. The fraction of sp³-hybridized carbons (Fsp3) is 0.500. The second kappa shape index (κ2) is 6.04. The third-order valence-corrected chi connectivity index (χ3v) is 3.39. The van der Waals surface area contributed by atoms with E-state index in [0.29, 0.717) is 6.42 Å². The first-order valence-corrected chi connectivity index (χ1v) is 6.67. The van der Waals surface area contributed by atoms with E-state index >= 15 is 0 Å². The molecule has 1 aliphatic rings. The standard InChI is InChI=1S/C14H15F3O5/c1-2-20-11-7-8-13(11,12(18)19)21-9-5-3-4-6-10(9)22-14(15,16)17/h3-6,11H,2,7-8H2,1H3,(H,18,19). The molecule has 0 aliphatic heterocycles. The molecule has 122 valence electrons. The van der Waals surface area contributed by atoms with Gasteiger partial charge in [0.05, 0.1) is 0 Å². The SMILES string of the molecule is CCOC1CCC1(Oc1ccccc1OC(F)(F)F)C(=O)O. The molecule has 2 atom stereocenters. The molecule has 22 heavy (non-hydrogen) atoms. The lowest BCUT2D eigenvalue weighted by atomic mass is 9.76. The molecule has 2 unspecified atom stereocenters. The topological polar surface area (TPSA) is 65.0 Å². The summed E-state index contributed by atoms with van der Waals surface area (Å²) in [5.41, 5.74) is -1.69. The lowest BCUT2D eigenvalue weighted by molar-refractivity contribution is -0.275. The van der Waals surface area contributed by atoms with Crippen LogP contribution in [0, 0.1) is 0 Å². The van der Waals surface area contributed by atoms with Gasteiger partial charge in [-0.3, -0.25) is 0 Å². The summed E-state index contributed by atoms with van der Waals surface area (Å²) in [6, 6.07) is 5.06. The number of alkyl halides is 3. The summed E-state index contributed by atoms with van der Waals surface area (Å²) in [5, 5.41) is 9.40. The van der Waals surface area contributed by atoms with Gasteiger partial charge in [0, 0.05) is 13.0 Å². The van der Waals surface area contributed by atoms with Crippen LogP contribution in [0.2, 0.25) is 0 Å². The fourth-order valence-electron chi connectivity index (χ4n) is 2.29. The molecule has 0 spiro atoms. The van der Waals surface area contributed by atoms with E-state index in [9.17, 15) is 23.1 Å². The van der Waals surface area contributed by atoms with Gasteiger partial charge in [0.25, 0.3) is 0 Å². The van der Waals surface area contributed by atoms with Gasteiger partial charge in [0.2, 0.25) is 5.60 Å². The molecule has 2 rings (SSSR count). The monoisotopic (exact) mass is 320 g/mol. The van der Waals surface area contributed by atoms with Crippen molar-refractivity contribution in [3.63, 3.8) is 0 Å². The normalized spacial score (nSPS) is 24.5. The molecule has 8 heteroatoms. The van der Waals surface area contributed by atoms with Crippen LogP contribution in [0.1, 0.15) is 19.8 Å². The highest BCUT2D eigenvalue weighted by Crippen LogP contribution is 2.42. The molecule has 1 N–H and O–H groups in total. The van der Waals surface area contributed by atoms with Crippen molar-refractivity contribution in [1.82, 2.24) is 0 Å². The minimum Gasteiger partial charge on any atom is -0.478 e. The van der Waals surface area contributed by atoms with Crippen LogP contribution in [0.25, 0.3) is 0 Å². The van der Waals surface area contributed by atoms with Gasteiger partial charge in [0.15, 0.2) is 11.5 Å². The smallest absolute Gasteiger partial charge is 0.478 e. The number of carboxylic acids is 1. The van der Waals surface area contributed by atoms with E-state index in [-0.39, 0.29) is 18.8 Å². The Morgan fingerprint density at radius 2 is 2.00 bits per heavy atom. The zero-order valence-electron chi connectivity index (χ0n) is 11.7. The zero-order chi connectivity index (χ0) is 16.4. The van der Waals surface area contributed by atoms with Crippen molar-refractivity contribution in [3.05, 3.63) is 24.3 Å². The number of hydrogen-bond donors (Lipinski definition) is 1. The first kappa shape index (κ1) is 16.4. The highest BCUT2D eigenvalue weighted by molar-refractivity contribution is 5.80. The summed E-state index contributed by atoms with van der Waals surface area (Å²) in [6.45, 7) is 1.98. The van der Waals surface area contributed by atoms with Gasteiger partial charge in [-0.05, 0) is 25.5 Å². The van der Waals surface area contributed by atoms with Gasteiger partial charge < -0.3 is 19.3 Å². The molecular weight excluding hydrogens is 305 g/mol. The van der Waals surface area contributed by atoms with Crippen molar-refractivity contribution < 1.29 is 37.3 Å². The number of aliphatic carboxylic acids is 1. The number of halogens is 3. The van der Waals surface area contributed by atoms with Crippen molar-refractivity contribution in [2.75, 3.05) is 6.61 Å². The van der Waals surface area contributed by atoms with Crippen molar-refractivity contribution in [3.8, 4) is 11.5 Å². The van der Waals surface area contributed by atoms with Gasteiger partial charge in [-0.1, -0.05) is 12.1 Å².